The summed E-state index contributed by atoms with van der Waals surface area (Å²) < 4.78 is 17.0. The molecule has 1 unspecified atom stereocenters. The second kappa shape index (κ2) is 10.4. The Balaban J connectivity index is 1.20. The number of pyridine rings is 1. The van der Waals surface area contributed by atoms with E-state index in [1.165, 1.54) is 0 Å². The van der Waals surface area contributed by atoms with Gasteiger partial charge in [-0.2, -0.15) is 0 Å². The number of fused-ring (bicyclic) bond motifs is 1. The minimum absolute atomic E-state index is 0.0769. The van der Waals surface area contributed by atoms with E-state index in [9.17, 15) is 14.4 Å². The highest BCUT2D eigenvalue weighted by molar-refractivity contribution is 5.98. The van der Waals surface area contributed by atoms with Gasteiger partial charge in [0.1, 0.15) is 11.8 Å². The Morgan fingerprint density at radius 3 is 2.49 bits per heavy atom. The molecule has 3 aliphatic rings. The van der Waals surface area contributed by atoms with E-state index in [4.69, 9.17) is 14.2 Å². The van der Waals surface area contributed by atoms with Crippen molar-refractivity contribution < 1.29 is 28.6 Å². The average molecular weight is 529 g/mol. The summed E-state index contributed by atoms with van der Waals surface area (Å²) in [4.78, 5) is 47.8. The van der Waals surface area contributed by atoms with Crippen LogP contribution in [0.2, 0.25) is 0 Å². The number of rotatable bonds is 5. The zero-order valence-corrected chi connectivity index (χ0v) is 21.2. The Morgan fingerprint density at radius 1 is 0.923 bits per heavy atom. The van der Waals surface area contributed by atoms with Crippen molar-refractivity contribution in [3.8, 4) is 11.5 Å². The van der Waals surface area contributed by atoms with Crippen LogP contribution < -0.4 is 14.8 Å². The molecular weight excluding hydrogens is 500 g/mol. The zero-order chi connectivity index (χ0) is 26.8. The number of carbonyl (C=O) groups is 3. The van der Waals surface area contributed by atoms with Crippen LogP contribution >= 0.6 is 0 Å². The molecule has 3 aliphatic heterocycles. The molecule has 3 amide bonds. The van der Waals surface area contributed by atoms with Crippen LogP contribution in [0.15, 0.2) is 73.1 Å². The highest BCUT2D eigenvalue weighted by Crippen LogP contribution is 2.39. The maximum Gasteiger partial charge on any atom is 0.256 e. The van der Waals surface area contributed by atoms with E-state index < -0.39 is 11.8 Å². The van der Waals surface area contributed by atoms with Gasteiger partial charge in [-0.15, -0.1) is 0 Å². The van der Waals surface area contributed by atoms with Crippen LogP contribution in [0.25, 0.3) is 0 Å². The van der Waals surface area contributed by atoms with Crippen molar-refractivity contribution in [3.05, 3.63) is 89.7 Å². The fourth-order valence-electron chi connectivity index (χ4n) is 5.37. The number of amides is 3. The maximum atomic E-state index is 13.8. The number of carbonyl (C=O) groups excluding carboxylic acids is 3. The van der Waals surface area contributed by atoms with Crippen molar-refractivity contribution in [2.24, 2.45) is 0 Å². The number of piperidine rings is 1. The third-order valence-electron chi connectivity index (χ3n) is 7.44. The van der Waals surface area contributed by atoms with Crippen LogP contribution in [0.1, 0.15) is 39.1 Å². The van der Waals surface area contributed by atoms with Crippen LogP contribution in [-0.4, -0.2) is 70.8 Å². The van der Waals surface area contributed by atoms with E-state index >= 15 is 0 Å². The molecule has 1 spiro atoms. The van der Waals surface area contributed by atoms with E-state index in [0.717, 1.165) is 5.56 Å². The highest BCUT2D eigenvalue weighted by atomic mass is 16.7. The first-order valence-corrected chi connectivity index (χ1v) is 12.9. The Labute approximate surface area is 225 Å². The van der Waals surface area contributed by atoms with Gasteiger partial charge in [-0.1, -0.05) is 24.3 Å². The number of ether oxygens (including phenoxy) is 3. The molecular formula is C29H28N4O6. The van der Waals surface area contributed by atoms with Crippen molar-refractivity contribution in [3.63, 3.8) is 0 Å². The molecule has 4 heterocycles. The first-order valence-electron chi connectivity index (χ1n) is 12.9. The minimum Gasteiger partial charge on any atom is -0.454 e. The van der Waals surface area contributed by atoms with Crippen LogP contribution in [0.5, 0.6) is 11.5 Å². The van der Waals surface area contributed by atoms with Gasteiger partial charge >= 0.3 is 0 Å². The van der Waals surface area contributed by atoms with Crippen LogP contribution in [-0.2, 0) is 16.1 Å². The number of likely N-dealkylation sites (tertiary alicyclic amines) is 1. The summed E-state index contributed by atoms with van der Waals surface area (Å²) in [5, 5.41) is 2.93. The molecule has 1 atom stereocenters. The van der Waals surface area contributed by atoms with E-state index in [0.29, 0.717) is 55.1 Å². The lowest BCUT2D eigenvalue weighted by Crippen LogP contribution is -2.59. The first-order chi connectivity index (χ1) is 19.0. The number of hydrogen-bond acceptors (Lipinski definition) is 7. The highest BCUT2D eigenvalue weighted by Gasteiger charge is 2.54. The Kier molecular flexibility index (Phi) is 6.62. The largest absolute Gasteiger partial charge is 0.454 e. The molecule has 10 nitrogen and oxygen atoms in total. The average Bonchev–Trinajstić information content (AvgIpc) is 3.61. The van der Waals surface area contributed by atoms with Gasteiger partial charge in [-0.3, -0.25) is 24.3 Å². The summed E-state index contributed by atoms with van der Waals surface area (Å²) in [6, 6.07) is 16.9. The van der Waals surface area contributed by atoms with Gasteiger partial charge in [-0.25, -0.2) is 0 Å². The summed E-state index contributed by atoms with van der Waals surface area (Å²) in [7, 11) is 0. The zero-order valence-electron chi connectivity index (χ0n) is 21.2. The van der Waals surface area contributed by atoms with Crippen molar-refractivity contribution >= 4 is 17.7 Å². The summed E-state index contributed by atoms with van der Waals surface area (Å²) in [6.07, 6.45) is 4.12. The van der Waals surface area contributed by atoms with Gasteiger partial charge in [0.2, 0.25) is 12.7 Å². The molecule has 1 N–H and O–H groups in total. The molecule has 10 heteroatoms. The molecule has 2 fully saturated rings. The predicted octanol–water partition coefficient (Wildman–Crippen LogP) is 2.60. The molecule has 2 saturated heterocycles. The van der Waals surface area contributed by atoms with Gasteiger partial charge in [0.05, 0.1) is 6.61 Å². The number of benzene rings is 2. The number of nitrogens with zero attached hydrogens (tertiary/aromatic N) is 3. The number of hydrogen-bond donors (Lipinski definition) is 1. The lowest BCUT2D eigenvalue weighted by atomic mass is 9.96. The molecule has 3 aromatic rings. The van der Waals surface area contributed by atoms with Crippen LogP contribution in [0.3, 0.4) is 0 Å². The number of aromatic nitrogens is 1. The summed E-state index contributed by atoms with van der Waals surface area (Å²) in [5.41, 5.74) is 0.851. The molecule has 39 heavy (non-hydrogen) atoms. The monoisotopic (exact) mass is 528 g/mol. The van der Waals surface area contributed by atoms with E-state index in [-0.39, 0.29) is 31.1 Å². The van der Waals surface area contributed by atoms with Crippen molar-refractivity contribution in [1.82, 2.24) is 20.1 Å². The summed E-state index contributed by atoms with van der Waals surface area (Å²) >= 11 is 0. The molecule has 0 bridgehead atoms. The molecule has 200 valence electrons. The van der Waals surface area contributed by atoms with Crippen LogP contribution in [0.4, 0.5) is 0 Å². The molecule has 1 aromatic heterocycles. The quantitative estimate of drug-likeness (QED) is 0.542. The molecule has 0 aliphatic carbocycles. The summed E-state index contributed by atoms with van der Waals surface area (Å²) in [6.45, 7) is 1.25. The van der Waals surface area contributed by atoms with Gasteiger partial charge in [0, 0.05) is 56.0 Å². The number of nitrogens with one attached hydrogen (secondary N) is 1. The molecule has 0 radical (unpaired) electrons. The summed E-state index contributed by atoms with van der Waals surface area (Å²) in [5.74, 6) is 0.469. The molecule has 6 rings (SSSR count). The van der Waals surface area contributed by atoms with E-state index in [1.807, 2.05) is 12.1 Å². The lowest BCUT2D eigenvalue weighted by Gasteiger charge is -2.44. The topological polar surface area (TPSA) is 110 Å². The normalized spacial score (nSPS) is 19.2. The smallest absolute Gasteiger partial charge is 0.256 e. The van der Waals surface area contributed by atoms with Gasteiger partial charge in [0.15, 0.2) is 11.5 Å². The maximum absolute atomic E-state index is 13.8. The van der Waals surface area contributed by atoms with Crippen molar-refractivity contribution in [2.75, 3.05) is 26.5 Å². The van der Waals surface area contributed by atoms with E-state index in [1.54, 1.807) is 70.7 Å². The third kappa shape index (κ3) is 4.79. The Bertz CT molecular complexity index is 1380. The minimum atomic E-state index is -0.991. The third-order valence-corrected chi connectivity index (χ3v) is 7.44. The lowest BCUT2D eigenvalue weighted by molar-refractivity contribution is -0.128. The van der Waals surface area contributed by atoms with Gasteiger partial charge in [0.25, 0.3) is 11.8 Å². The van der Waals surface area contributed by atoms with Gasteiger partial charge in [-0.05, 0) is 42.0 Å². The van der Waals surface area contributed by atoms with Crippen molar-refractivity contribution in [1.29, 1.82) is 0 Å². The van der Waals surface area contributed by atoms with Gasteiger partial charge < -0.3 is 24.4 Å². The second-order valence-corrected chi connectivity index (χ2v) is 9.75. The standard InChI is InChI=1S/C29H28N4O6/c34-26(31-17-20-5-4-12-30-16-20)23-18-39-29(33(23)28(36)21-6-2-1-3-7-21)10-13-32(14-11-29)27(35)22-8-9-24-25(15-22)38-19-37-24/h1-9,12,15-16,23H,10-11,13-14,17-19H2,(H,31,34). The predicted molar refractivity (Wildman–Crippen MR) is 139 cm³/mol. The fourth-order valence-corrected chi connectivity index (χ4v) is 5.37. The Hall–Kier alpha value is -4.44. The second-order valence-electron chi connectivity index (χ2n) is 9.75. The fraction of sp³-hybridized carbons (Fsp3) is 0.310. The molecule has 2 aromatic carbocycles. The SMILES string of the molecule is O=C(NCc1cccnc1)C1COC2(CCN(C(=O)c3ccc4c(c3)OCO4)CC2)N1C(=O)c1ccccc1. The van der Waals surface area contributed by atoms with E-state index in [2.05, 4.69) is 10.3 Å². The van der Waals surface area contributed by atoms with Crippen molar-refractivity contribution in [2.45, 2.75) is 31.2 Å². The molecule has 0 saturated carbocycles. The van der Waals surface area contributed by atoms with Crippen LogP contribution in [0, 0.1) is 0 Å². The Morgan fingerprint density at radius 2 is 1.72 bits per heavy atom. The first kappa shape index (κ1) is 24.9.